The highest BCUT2D eigenvalue weighted by Crippen LogP contribution is 2.44. The summed E-state index contributed by atoms with van der Waals surface area (Å²) in [6.07, 6.45) is 7.79. The first-order chi connectivity index (χ1) is 11.1. The van der Waals surface area contributed by atoms with Gasteiger partial charge in [-0.25, -0.2) is 15.0 Å². The maximum atomic E-state index is 12.5. The molecule has 2 aliphatic carbocycles. The zero-order valence-electron chi connectivity index (χ0n) is 13.0. The Morgan fingerprint density at radius 3 is 2.87 bits per heavy atom. The number of amides is 1. The number of nitrogen functional groups attached to an aromatic ring is 1. The van der Waals surface area contributed by atoms with Crippen molar-refractivity contribution in [2.45, 2.75) is 38.6 Å². The Morgan fingerprint density at radius 2 is 2.22 bits per heavy atom. The molecule has 4 rings (SSSR count). The number of nitrogens with one attached hydrogen (secondary N) is 1. The highest BCUT2D eigenvalue weighted by atomic mass is 16.3. The Kier molecular flexibility index (Phi) is 3.28. The average Bonchev–Trinajstić information content (AvgIpc) is 3.25. The van der Waals surface area contributed by atoms with Gasteiger partial charge < -0.3 is 15.5 Å². The maximum absolute atomic E-state index is 12.5. The molecular formula is C16H19N5O2. The van der Waals surface area contributed by atoms with Gasteiger partial charge >= 0.3 is 0 Å². The van der Waals surface area contributed by atoms with E-state index in [9.17, 15) is 4.79 Å². The van der Waals surface area contributed by atoms with Crippen molar-refractivity contribution in [2.24, 2.45) is 11.8 Å². The predicted molar refractivity (Wildman–Crippen MR) is 83.4 cm³/mol. The number of oxazole rings is 1. The van der Waals surface area contributed by atoms with Gasteiger partial charge in [-0.1, -0.05) is 6.42 Å². The maximum Gasteiger partial charge on any atom is 0.273 e. The van der Waals surface area contributed by atoms with E-state index in [0.717, 1.165) is 12.3 Å². The van der Waals surface area contributed by atoms with Gasteiger partial charge in [-0.05, 0) is 38.0 Å². The zero-order valence-corrected chi connectivity index (χ0v) is 13.0. The van der Waals surface area contributed by atoms with Gasteiger partial charge in [-0.3, -0.25) is 4.79 Å². The van der Waals surface area contributed by atoms with Crippen LogP contribution in [0.3, 0.4) is 0 Å². The minimum absolute atomic E-state index is 0.101. The molecule has 0 spiro atoms. The molecule has 0 aliphatic heterocycles. The fourth-order valence-electron chi connectivity index (χ4n) is 3.90. The molecule has 2 saturated carbocycles. The lowest BCUT2D eigenvalue weighted by Crippen LogP contribution is -2.39. The molecule has 2 heterocycles. The van der Waals surface area contributed by atoms with Crippen molar-refractivity contribution in [3.05, 3.63) is 23.8 Å². The number of anilines is 1. The highest BCUT2D eigenvalue weighted by Gasteiger charge is 2.40. The van der Waals surface area contributed by atoms with Gasteiger partial charge in [0, 0.05) is 6.04 Å². The molecule has 120 valence electrons. The number of aromatic nitrogens is 3. The summed E-state index contributed by atoms with van der Waals surface area (Å²) in [6, 6.07) is 0.245. The second-order valence-electron chi connectivity index (χ2n) is 6.48. The summed E-state index contributed by atoms with van der Waals surface area (Å²) >= 11 is 0. The van der Waals surface area contributed by atoms with E-state index in [2.05, 4.69) is 20.3 Å². The fraction of sp³-hybridized carbons (Fsp3) is 0.500. The van der Waals surface area contributed by atoms with Crippen LogP contribution in [-0.2, 0) is 0 Å². The second-order valence-corrected chi connectivity index (χ2v) is 6.48. The summed E-state index contributed by atoms with van der Waals surface area (Å²) in [6.45, 7) is 1.76. The molecule has 2 bridgehead atoms. The van der Waals surface area contributed by atoms with Crippen molar-refractivity contribution in [1.82, 2.24) is 20.3 Å². The van der Waals surface area contributed by atoms with Crippen LogP contribution < -0.4 is 11.1 Å². The van der Waals surface area contributed by atoms with Crippen LogP contribution in [0.15, 0.2) is 16.9 Å². The van der Waals surface area contributed by atoms with E-state index in [1.54, 1.807) is 6.92 Å². The van der Waals surface area contributed by atoms with Gasteiger partial charge in [-0.15, -0.1) is 0 Å². The summed E-state index contributed by atoms with van der Waals surface area (Å²) in [5.74, 6) is 1.58. The Bertz CT molecular complexity index is 743. The predicted octanol–water partition coefficient (Wildman–Crippen LogP) is 1.94. The third kappa shape index (κ3) is 2.46. The van der Waals surface area contributed by atoms with Crippen molar-refractivity contribution in [3.63, 3.8) is 0 Å². The number of carbonyl (C=O) groups is 1. The third-order valence-electron chi connectivity index (χ3n) is 5.00. The van der Waals surface area contributed by atoms with E-state index < -0.39 is 0 Å². The highest BCUT2D eigenvalue weighted by molar-refractivity contribution is 5.96. The molecule has 0 unspecified atom stereocenters. The molecule has 3 N–H and O–H groups in total. The van der Waals surface area contributed by atoms with Crippen LogP contribution in [0.2, 0.25) is 0 Å². The van der Waals surface area contributed by atoms with Crippen LogP contribution in [0, 0.1) is 18.8 Å². The number of aryl methyl sites for hydroxylation is 1. The Balaban J connectivity index is 1.57. The van der Waals surface area contributed by atoms with Gasteiger partial charge in [0.05, 0.1) is 11.9 Å². The number of carbonyl (C=O) groups excluding carboxylic acids is 1. The number of rotatable bonds is 3. The van der Waals surface area contributed by atoms with Gasteiger partial charge in [0.25, 0.3) is 5.91 Å². The van der Waals surface area contributed by atoms with Gasteiger partial charge in [0.1, 0.15) is 12.0 Å². The number of hydrogen-bond donors (Lipinski definition) is 2. The monoisotopic (exact) mass is 313 g/mol. The third-order valence-corrected chi connectivity index (χ3v) is 5.00. The molecule has 2 fully saturated rings. The minimum atomic E-state index is -0.241. The summed E-state index contributed by atoms with van der Waals surface area (Å²) in [7, 11) is 0. The first kappa shape index (κ1) is 14.2. The van der Waals surface area contributed by atoms with Crippen LogP contribution >= 0.6 is 0 Å². The molecule has 1 amide bonds. The van der Waals surface area contributed by atoms with E-state index in [4.69, 9.17) is 10.2 Å². The summed E-state index contributed by atoms with van der Waals surface area (Å²) < 4.78 is 5.23. The van der Waals surface area contributed by atoms with Crippen molar-refractivity contribution >= 4 is 11.7 Å². The topological polar surface area (TPSA) is 107 Å². The number of hydrogen-bond acceptors (Lipinski definition) is 6. The molecule has 3 atom stereocenters. The number of nitrogens with two attached hydrogens (primary N) is 1. The largest absolute Gasteiger partial charge is 0.443 e. The van der Waals surface area contributed by atoms with Crippen molar-refractivity contribution in [1.29, 1.82) is 0 Å². The zero-order chi connectivity index (χ0) is 16.0. The van der Waals surface area contributed by atoms with Gasteiger partial charge in [0.2, 0.25) is 5.89 Å². The summed E-state index contributed by atoms with van der Waals surface area (Å²) in [5.41, 5.74) is 7.16. The number of nitrogens with zero attached hydrogens (tertiary/aromatic N) is 3. The molecule has 0 radical (unpaired) electrons. The second kappa shape index (κ2) is 5.33. The first-order valence-electron chi connectivity index (χ1n) is 7.96. The van der Waals surface area contributed by atoms with Crippen molar-refractivity contribution in [2.75, 3.05) is 5.73 Å². The van der Waals surface area contributed by atoms with Crippen molar-refractivity contribution < 1.29 is 9.21 Å². The molecule has 2 aliphatic rings. The normalized spacial score (nSPS) is 25.7. The van der Waals surface area contributed by atoms with E-state index in [1.165, 1.54) is 31.7 Å². The Hall–Kier alpha value is -2.44. The molecule has 7 heteroatoms. The molecule has 0 aromatic carbocycles. The van der Waals surface area contributed by atoms with E-state index >= 15 is 0 Å². The summed E-state index contributed by atoms with van der Waals surface area (Å²) in [5, 5.41) is 3.09. The number of fused-ring (bicyclic) bond motifs is 2. The van der Waals surface area contributed by atoms with Crippen molar-refractivity contribution in [3.8, 4) is 11.6 Å². The molecular weight excluding hydrogens is 294 g/mol. The Morgan fingerprint density at radius 1 is 1.35 bits per heavy atom. The quantitative estimate of drug-likeness (QED) is 0.896. The lowest BCUT2D eigenvalue weighted by Gasteiger charge is -2.22. The average molecular weight is 313 g/mol. The van der Waals surface area contributed by atoms with E-state index in [0.29, 0.717) is 23.2 Å². The van der Waals surface area contributed by atoms with Crippen LogP contribution in [0.1, 0.15) is 41.9 Å². The van der Waals surface area contributed by atoms with Crippen LogP contribution in [-0.4, -0.2) is 26.9 Å². The minimum Gasteiger partial charge on any atom is -0.443 e. The lowest BCUT2D eigenvalue weighted by atomic mass is 9.95. The van der Waals surface area contributed by atoms with E-state index in [1.807, 2.05) is 0 Å². The molecule has 2 aromatic heterocycles. The molecule has 7 nitrogen and oxygen atoms in total. The fourth-order valence-corrected chi connectivity index (χ4v) is 3.90. The lowest BCUT2D eigenvalue weighted by molar-refractivity contribution is 0.0918. The SMILES string of the molecule is Cc1nc(C(=O)N[C@@H]2C[C@H]3CC[C@@H]2C3)c(N)nc1-c1ncco1. The molecule has 23 heavy (non-hydrogen) atoms. The van der Waals surface area contributed by atoms with Crippen LogP contribution in [0.5, 0.6) is 0 Å². The summed E-state index contributed by atoms with van der Waals surface area (Å²) in [4.78, 5) is 25.2. The molecule has 2 aromatic rings. The van der Waals surface area contributed by atoms with Crippen LogP contribution in [0.4, 0.5) is 5.82 Å². The first-order valence-corrected chi connectivity index (χ1v) is 7.96. The van der Waals surface area contributed by atoms with Gasteiger partial charge in [-0.2, -0.15) is 0 Å². The Labute approximate surface area is 133 Å². The standard InChI is InChI=1S/C16H19N5O2/c1-8-12(16-18-4-5-23-16)21-14(17)13(19-8)15(22)20-11-7-9-2-3-10(11)6-9/h4-5,9-11H,2-3,6-7H2,1H3,(H2,17,21)(H,20,22)/t9-,10+,11+/m0/s1. The van der Waals surface area contributed by atoms with Crippen LogP contribution in [0.25, 0.3) is 11.6 Å². The van der Waals surface area contributed by atoms with Gasteiger partial charge in [0.15, 0.2) is 11.5 Å². The smallest absolute Gasteiger partial charge is 0.273 e. The van der Waals surface area contributed by atoms with E-state index in [-0.39, 0.29) is 23.5 Å². The molecule has 0 saturated heterocycles.